The van der Waals surface area contributed by atoms with E-state index in [-0.39, 0.29) is 22.7 Å². The largest absolute Gasteiger partial charge is 0.381 e. The molecule has 1 aliphatic heterocycles. The zero-order chi connectivity index (χ0) is 14.0. The van der Waals surface area contributed by atoms with Gasteiger partial charge in [-0.3, -0.25) is 4.79 Å². The molecular weight excluding hydrogens is 245 g/mol. The Labute approximate surface area is 112 Å². The van der Waals surface area contributed by atoms with E-state index in [0.29, 0.717) is 13.1 Å². The fourth-order valence-electron chi connectivity index (χ4n) is 2.73. The lowest BCUT2D eigenvalue weighted by atomic mass is 9.82. The van der Waals surface area contributed by atoms with E-state index in [0.717, 1.165) is 19.3 Å². The molecule has 19 heavy (non-hydrogen) atoms. The second kappa shape index (κ2) is 5.15. The summed E-state index contributed by atoms with van der Waals surface area (Å²) in [6.07, 6.45) is 4.42. The lowest BCUT2D eigenvalue weighted by Gasteiger charge is -2.26. The van der Waals surface area contributed by atoms with Gasteiger partial charge in [0.1, 0.15) is 0 Å². The number of nitrogens with two attached hydrogens (primary N) is 1. The number of rotatable bonds is 3. The molecule has 1 aliphatic rings. The summed E-state index contributed by atoms with van der Waals surface area (Å²) in [5.74, 6) is -1.21. The number of amides is 1. The van der Waals surface area contributed by atoms with Crippen LogP contribution in [-0.2, 0) is 0 Å². The first-order valence-electron chi connectivity index (χ1n) is 6.72. The molecule has 2 N–H and O–H groups in total. The molecule has 4 nitrogen and oxygen atoms in total. The second-order valence-electron chi connectivity index (χ2n) is 5.24. The Hall–Kier alpha value is -1.65. The van der Waals surface area contributed by atoms with Crippen molar-refractivity contribution in [3.05, 3.63) is 23.6 Å². The Balaban J connectivity index is 2.20. The van der Waals surface area contributed by atoms with Gasteiger partial charge in [0.2, 0.25) is 0 Å². The third-order valence-electron chi connectivity index (χ3n) is 4.37. The number of carbonyl (C=O) groups excluding carboxylic acids is 1. The highest BCUT2D eigenvalue weighted by Gasteiger charge is 2.37. The van der Waals surface area contributed by atoms with Gasteiger partial charge in [0.25, 0.3) is 5.91 Å². The van der Waals surface area contributed by atoms with E-state index in [1.165, 1.54) is 12.3 Å². The molecule has 2 rings (SSSR count). The molecule has 0 aliphatic carbocycles. The van der Waals surface area contributed by atoms with Gasteiger partial charge >= 0.3 is 0 Å². The van der Waals surface area contributed by atoms with Crippen molar-refractivity contribution in [2.75, 3.05) is 18.8 Å². The average Bonchev–Trinajstić information content (AvgIpc) is 2.86. The number of likely N-dealkylation sites (tertiary alicyclic amines) is 1. The van der Waals surface area contributed by atoms with Crippen LogP contribution in [0.4, 0.5) is 10.2 Å². The van der Waals surface area contributed by atoms with Crippen LogP contribution in [0.5, 0.6) is 0 Å². The number of pyridine rings is 1. The number of hydrogen-bond acceptors (Lipinski definition) is 3. The molecule has 1 saturated heterocycles. The second-order valence-corrected chi connectivity index (χ2v) is 5.24. The van der Waals surface area contributed by atoms with Gasteiger partial charge in [0.05, 0.1) is 5.56 Å². The van der Waals surface area contributed by atoms with Crippen LogP contribution in [0.15, 0.2) is 12.3 Å². The minimum atomic E-state index is -0.710. The van der Waals surface area contributed by atoms with Crippen LogP contribution in [0.25, 0.3) is 0 Å². The predicted octanol–water partition coefficient (Wildman–Crippen LogP) is 2.46. The number of nitrogen functional groups attached to an aromatic ring is 1. The highest BCUT2D eigenvalue weighted by Crippen LogP contribution is 2.37. The fraction of sp³-hybridized carbons (Fsp3) is 0.571. The van der Waals surface area contributed by atoms with Gasteiger partial charge in [-0.05, 0) is 30.7 Å². The molecule has 0 spiro atoms. The maximum Gasteiger partial charge on any atom is 0.257 e. The molecule has 1 aromatic rings. The van der Waals surface area contributed by atoms with Crippen molar-refractivity contribution in [1.29, 1.82) is 0 Å². The molecule has 0 atom stereocenters. The average molecular weight is 265 g/mol. The molecule has 1 aromatic heterocycles. The Morgan fingerprint density at radius 3 is 2.79 bits per heavy atom. The van der Waals surface area contributed by atoms with Crippen LogP contribution in [0.3, 0.4) is 0 Å². The van der Waals surface area contributed by atoms with Gasteiger partial charge in [0.15, 0.2) is 11.6 Å². The van der Waals surface area contributed by atoms with E-state index in [4.69, 9.17) is 5.73 Å². The molecule has 2 heterocycles. The normalized spacial score (nSPS) is 17.7. The molecule has 0 aromatic carbocycles. The van der Waals surface area contributed by atoms with Gasteiger partial charge < -0.3 is 10.6 Å². The van der Waals surface area contributed by atoms with E-state index in [9.17, 15) is 9.18 Å². The SMILES string of the molecule is CCC1(CC)CCN(C(=O)c2ccnc(N)c2F)C1. The lowest BCUT2D eigenvalue weighted by molar-refractivity contribution is 0.0765. The van der Waals surface area contributed by atoms with Gasteiger partial charge in [-0.15, -0.1) is 0 Å². The van der Waals surface area contributed by atoms with Crippen molar-refractivity contribution in [2.45, 2.75) is 33.1 Å². The Morgan fingerprint density at radius 1 is 1.53 bits per heavy atom. The smallest absolute Gasteiger partial charge is 0.257 e. The number of halogens is 1. The predicted molar refractivity (Wildman–Crippen MR) is 72.1 cm³/mol. The first kappa shape index (κ1) is 13.8. The molecular formula is C14H20FN3O. The number of carbonyl (C=O) groups is 1. The standard InChI is InChI=1S/C14H20FN3O/c1-3-14(4-2)6-8-18(9-14)13(19)10-5-7-17-12(16)11(10)15/h5,7H,3-4,6,8-9H2,1-2H3,(H2,16,17). The summed E-state index contributed by atoms with van der Waals surface area (Å²) in [5, 5.41) is 0. The molecule has 0 saturated carbocycles. The molecule has 0 radical (unpaired) electrons. The van der Waals surface area contributed by atoms with Gasteiger partial charge in [-0.2, -0.15) is 0 Å². The Bertz CT molecular complexity index is 486. The minimum Gasteiger partial charge on any atom is -0.381 e. The summed E-state index contributed by atoms with van der Waals surface area (Å²) in [6, 6.07) is 1.39. The van der Waals surface area contributed by atoms with E-state index in [1.54, 1.807) is 4.90 Å². The number of hydrogen-bond donors (Lipinski definition) is 1. The van der Waals surface area contributed by atoms with Crippen LogP contribution >= 0.6 is 0 Å². The van der Waals surface area contributed by atoms with E-state index in [1.807, 2.05) is 0 Å². The summed E-state index contributed by atoms with van der Waals surface area (Å²) in [4.78, 5) is 17.7. The first-order chi connectivity index (χ1) is 9.03. The third kappa shape index (κ3) is 2.41. The highest BCUT2D eigenvalue weighted by molar-refractivity contribution is 5.95. The maximum atomic E-state index is 13.8. The molecule has 0 bridgehead atoms. The summed E-state index contributed by atoms with van der Waals surface area (Å²) >= 11 is 0. The van der Waals surface area contributed by atoms with Crippen molar-refractivity contribution in [3.63, 3.8) is 0 Å². The van der Waals surface area contributed by atoms with Crippen molar-refractivity contribution < 1.29 is 9.18 Å². The third-order valence-corrected chi connectivity index (χ3v) is 4.37. The molecule has 104 valence electrons. The first-order valence-corrected chi connectivity index (χ1v) is 6.72. The molecule has 1 amide bonds. The Kier molecular flexibility index (Phi) is 3.73. The molecule has 5 heteroatoms. The summed E-state index contributed by atoms with van der Waals surface area (Å²) in [7, 11) is 0. The van der Waals surface area contributed by atoms with Crippen molar-refractivity contribution in [3.8, 4) is 0 Å². The zero-order valence-electron chi connectivity index (χ0n) is 11.4. The quantitative estimate of drug-likeness (QED) is 0.913. The summed E-state index contributed by atoms with van der Waals surface area (Å²) in [6.45, 7) is 5.66. The van der Waals surface area contributed by atoms with Gasteiger partial charge in [0, 0.05) is 19.3 Å². The minimum absolute atomic E-state index is 0.0236. The number of anilines is 1. The van der Waals surface area contributed by atoms with Crippen molar-refractivity contribution >= 4 is 11.7 Å². The topological polar surface area (TPSA) is 59.2 Å². The summed E-state index contributed by atoms with van der Waals surface area (Å²) in [5.41, 5.74) is 5.61. The maximum absolute atomic E-state index is 13.8. The highest BCUT2D eigenvalue weighted by atomic mass is 19.1. The van der Waals surface area contributed by atoms with Crippen LogP contribution < -0.4 is 5.73 Å². The fourth-order valence-corrected chi connectivity index (χ4v) is 2.73. The van der Waals surface area contributed by atoms with Crippen molar-refractivity contribution in [2.24, 2.45) is 5.41 Å². The zero-order valence-corrected chi connectivity index (χ0v) is 11.4. The van der Waals surface area contributed by atoms with Crippen LogP contribution in [-0.4, -0.2) is 28.9 Å². The van der Waals surface area contributed by atoms with E-state index < -0.39 is 5.82 Å². The Morgan fingerprint density at radius 2 is 2.21 bits per heavy atom. The molecule has 1 fully saturated rings. The number of aromatic nitrogens is 1. The summed E-state index contributed by atoms with van der Waals surface area (Å²) < 4.78 is 13.8. The lowest BCUT2D eigenvalue weighted by Crippen LogP contribution is -2.32. The van der Waals surface area contributed by atoms with Crippen LogP contribution in [0.2, 0.25) is 0 Å². The van der Waals surface area contributed by atoms with Crippen LogP contribution in [0.1, 0.15) is 43.5 Å². The number of nitrogens with zero attached hydrogens (tertiary/aromatic N) is 2. The molecule has 0 unspecified atom stereocenters. The van der Waals surface area contributed by atoms with Crippen molar-refractivity contribution in [1.82, 2.24) is 9.88 Å². The van der Waals surface area contributed by atoms with Crippen LogP contribution in [0, 0.1) is 11.2 Å². The van der Waals surface area contributed by atoms with E-state index >= 15 is 0 Å². The van der Waals surface area contributed by atoms with Gasteiger partial charge in [-0.25, -0.2) is 9.37 Å². The monoisotopic (exact) mass is 265 g/mol. The van der Waals surface area contributed by atoms with E-state index in [2.05, 4.69) is 18.8 Å². The van der Waals surface area contributed by atoms with Gasteiger partial charge in [-0.1, -0.05) is 13.8 Å².